The van der Waals surface area contributed by atoms with Gasteiger partial charge in [-0.15, -0.1) is 0 Å². The van der Waals surface area contributed by atoms with Crippen LogP contribution in [0.2, 0.25) is 0 Å². The summed E-state index contributed by atoms with van der Waals surface area (Å²) in [5.41, 5.74) is 5.82. The number of benzene rings is 2. The van der Waals surface area contributed by atoms with Crippen LogP contribution in [0.4, 0.5) is 11.4 Å². The van der Waals surface area contributed by atoms with Crippen LogP contribution in [0.5, 0.6) is 0 Å². The molecular formula is C31H33N3O3. The summed E-state index contributed by atoms with van der Waals surface area (Å²) in [7, 11) is 4.06. The third-order valence-corrected chi connectivity index (χ3v) is 7.81. The van der Waals surface area contributed by atoms with Crippen LogP contribution in [0.3, 0.4) is 0 Å². The molecule has 190 valence electrons. The quantitative estimate of drug-likeness (QED) is 0.395. The molecule has 2 bridgehead atoms. The number of carboxylic acids is 1. The van der Waals surface area contributed by atoms with Gasteiger partial charge < -0.3 is 14.9 Å². The summed E-state index contributed by atoms with van der Waals surface area (Å²) < 4.78 is 0. The van der Waals surface area contributed by atoms with Gasteiger partial charge in [-0.2, -0.15) is 0 Å². The first-order valence-corrected chi connectivity index (χ1v) is 12.9. The van der Waals surface area contributed by atoms with Crippen molar-refractivity contribution in [2.45, 2.75) is 32.2 Å². The molecule has 5 rings (SSSR count). The standard InChI is InChI=1S/C31H33N3O3/c1-33(2)27-12-10-25(11-13-27)24-7-3-21(4-8-24)20-34(31(37)29-17-22-5-9-26(29)15-22)28-16-23(18-32-19-28)6-14-30(35)36/h3-4,6-8,10-14,16,18-19,22,26,29H,5,9,15,17,20H2,1-2H3,(H,35,36)/b14-6+/t22-,26+,29-/m1/s1. The molecule has 2 saturated carbocycles. The van der Waals surface area contributed by atoms with Crippen molar-refractivity contribution in [3.8, 4) is 11.1 Å². The van der Waals surface area contributed by atoms with Crippen molar-refractivity contribution in [3.63, 3.8) is 0 Å². The van der Waals surface area contributed by atoms with E-state index in [9.17, 15) is 9.59 Å². The lowest BCUT2D eigenvalue weighted by Gasteiger charge is -2.30. The molecule has 2 aromatic carbocycles. The van der Waals surface area contributed by atoms with Gasteiger partial charge >= 0.3 is 5.97 Å². The predicted molar refractivity (Wildman–Crippen MR) is 147 cm³/mol. The minimum absolute atomic E-state index is 0.0476. The molecule has 1 aromatic heterocycles. The Bertz CT molecular complexity index is 1300. The number of pyridine rings is 1. The fourth-order valence-corrected chi connectivity index (χ4v) is 5.83. The van der Waals surface area contributed by atoms with Crippen molar-refractivity contribution < 1.29 is 14.7 Å². The summed E-state index contributed by atoms with van der Waals surface area (Å²) in [6.45, 7) is 0.445. The maximum absolute atomic E-state index is 13.9. The van der Waals surface area contributed by atoms with Gasteiger partial charge in [0.15, 0.2) is 0 Å². The smallest absolute Gasteiger partial charge is 0.328 e. The Labute approximate surface area is 218 Å². The highest BCUT2D eigenvalue weighted by molar-refractivity contribution is 5.95. The molecule has 3 aromatic rings. The van der Waals surface area contributed by atoms with Crippen LogP contribution in [-0.2, 0) is 16.1 Å². The number of rotatable bonds is 8. The molecule has 1 amide bonds. The molecule has 1 N–H and O–H groups in total. The molecule has 2 fully saturated rings. The second kappa shape index (κ2) is 10.6. The molecule has 2 aliphatic carbocycles. The molecule has 0 radical (unpaired) electrons. The second-order valence-electron chi connectivity index (χ2n) is 10.5. The van der Waals surface area contributed by atoms with E-state index in [4.69, 9.17) is 5.11 Å². The fraction of sp³-hybridized carbons (Fsp3) is 0.323. The van der Waals surface area contributed by atoms with Gasteiger partial charge in [0.1, 0.15) is 0 Å². The van der Waals surface area contributed by atoms with Gasteiger partial charge in [-0.3, -0.25) is 9.78 Å². The van der Waals surface area contributed by atoms with E-state index < -0.39 is 5.97 Å². The van der Waals surface area contributed by atoms with Crippen molar-refractivity contribution in [1.82, 2.24) is 4.98 Å². The Hall–Kier alpha value is -3.93. The summed E-state index contributed by atoms with van der Waals surface area (Å²) in [6, 6.07) is 18.7. The van der Waals surface area contributed by atoms with Crippen LogP contribution in [-0.4, -0.2) is 36.1 Å². The van der Waals surface area contributed by atoms with Crippen molar-refractivity contribution in [2.24, 2.45) is 17.8 Å². The molecule has 6 nitrogen and oxygen atoms in total. The van der Waals surface area contributed by atoms with Gasteiger partial charge in [0.05, 0.1) is 18.4 Å². The largest absolute Gasteiger partial charge is 0.478 e. The van der Waals surface area contributed by atoms with Gasteiger partial charge in [0.2, 0.25) is 5.91 Å². The van der Waals surface area contributed by atoms with Crippen LogP contribution in [0, 0.1) is 17.8 Å². The lowest BCUT2D eigenvalue weighted by atomic mass is 9.87. The first-order chi connectivity index (χ1) is 17.9. The van der Waals surface area contributed by atoms with Gasteiger partial charge in [0.25, 0.3) is 0 Å². The molecule has 37 heavy (non-hydrogen) atoms. The minimum Gasteiger partial charge on any atom is -0.478 e. The predicted octanol–water partition coefficient (Wildman–Crippen LogP) is 5.88. The first kappa shape index (κ1) is 24.8. The number of nitrogens with zero attached hydrogens (tertiary/aromatic N) is 3. The monoisotopic (exact) mass is 495 g/mol. The van der Waals surface area contributed by atoms with E-state index in [1.807, 2.05) is 25.1 Å². The average Bonchev–Trinajstić information content (AvgIpc) is 3.55. The maximum Gasteiger partial charge on any atom is 0.328 e. The Kier molecular flexibility index (Phi) is 7.08. The van der Waals surface area contributed by atoms with E-state index in [1.165, 1.54) is 12.5 Å². The normalized spacial score (nSPS) is 20.3. The van der Waals surface area contributed by atoms with Crippen molar-refractivity contribution >= 4 is 29.3 Å². The summed E-state index contributed by atoms with van der Waals surface area (Å²) in [6.07, 6.45) is 10.4. The summed E-state index contributed by atoms with van der Waals surface area (Å²) >= 11 is 0. The van der Waals surface area contributed by atoms with E-state index in [-0.39, 0.29) is 11.8 Å². The van der Waals surface area contributed by atoms with E-state index >= 15 is 0 Å². The molecule has 2 aliphatic rings. The number of aliphatic carboxylic acids is 1. The number of carbonyl (C=O) groups is 2. The fourth-order valence-electron chi connectivity index (χ4n) is 5.83. The van der Waals surface area contributed by atoms with Gasteiger partial charge in [-0.1, -0.05) is 42.8 Å². The number of hydrogen-bond acceptors (Lipinski definition) is 4. The van der Waals surface area contributed by atoms with Crippen LogP contribution in [0.25, 0.3) is 17.2 Å². The molecule has 0 spiro atoms. The highest BCUT2D eigenvalue weighted by Gasteiger charge is 2.44. The lowest BCUT2D eigenvalue weighted by molar-refractivity contribution is -0.131. The van der Waals surface area contributed by atoms with Crippen molar-refractivity contribution in [1.29, 1.82) is 0 Å². The van der Waals surface area contributed by atoms with E-state index in [0.29, 0.717) is 29.6 Å². The van der Waals surface area contributed by atoms with Crippen LogP contribution in [0.15, 0.2) is 73.1 Å². The molecule has 0 unspecified atom stereocenters. The highest BCUT2D eigenvalue weighted by atomic mass is 16.4. The number of amides is 1. The SMILES string of the molecule is CN(C)c1ccc(-c2ccc(CN(C(=O)[C@@H]3C[C@@H]4CC[C@H]3C4)c3cncc(/C=C/C(=O)O)c3)cc2)cc1. The highest BCUT2D eigenvalue weighted by Crippen LogP contribution is 2.49. The summed E-state index contributed by atoms with van der Waals surface area (Å²) in [5, 5.41) is 9.01. The number of anilines is 2. The van der Waals surface area contributed by atoms with Gasteiger partial charge in [-0.05, 0) is 77.6 Å². The summed E-state index contributed by atoms with van der Waals surface area (Å²) in [5.74, 6) is 0.317. The second-order valence-corrected chi connectivity index (χ2v) is 10.5. The van der Waals surface area contributed by atoms with Crippen LogP contribution in [0.1, 0.15) is 36.8 Å². The average molecular weight is 496 g/mol. The van der Waals surface area contributed by atoms with Crippen molar-refractivity contribution in [3.05, 3.63) is 84.2 Å². The minimum atomic E-state index is -1.02. The Morgan fingerprint density at radius 1 is 0.946 bits per heavy atom. The maximum atomic E-state index is 13.9. The molecule has 1 heterocycles. The summed E-state index contributed by atoms with van der Waals surface area (Å²) in [4.78, 5) is 33.1. The number of fused-ring (bicyclic) bond motifs is 2. The lowest BCUT2D eigenvalue weighted by Crippen LogP contribution is -2.38. The molecule has 3 atom stereocenters. The van der Waals surface area contributed by atoms with Crippen LogP contribution >= 0.6 is 0 Å². The van der Waals surface area contributed by atoms with E-state index in [0.717, 1.165) is 47.7 Å². The van der Waals surface area contributed by atoms with Gasteiger partial charge in [-0.25, -0.2) is 4.79 Å². The Balaban J connectivity index is 1.40. The zero-order chi connectivity index (χ0) is 25.9. The number of hydrogen-bond donors (Lipinski definition) is 1. The van der Waals surface area contributed by atoms with Crippen molar-refractivity contribution in [2.75, 3.05) is 23.9 Å². The zero-order valence-corrected chi connectivity index (χ0v) is 21.4. The van der Waals surface area contributed by atoms with Gasteiger partial charge in [0, 0.05) is 38.0 Å². The first-order valence-electron chi connectivity index (χ1n) is 12.9. The number of aromatic nitrogens is 1. The molecular weight excluding hydrogens is 462 g/mol. The van der Waals surface area contributed by atoms with E-state index in [2.05, 4.69) is 58.4 Å². The molecule has 0 saturated heterocycles. The Morgan fingerprint density at radius 3 is 2.24 bits per heavy atom. The topological polar surface area (TPSA) is 73.7 Å². The molecule has 0 aliphatic heterocycles. The third kappa shape index (κ3) is 5.58. The third-order valence-electron chi connectivity index (χ3n) is 7.81. The number of carboxylic acid groups (broad SMARTS) is 1. The zero-order valence-electron chi connectivity index (χ0n) is 21.4. The van der Waals surface area contributed by atoms with E-state index in [1.54, 1.807) is 12.4 Å². The Morgan fingerprint density at radius 2 is 1.65 bits per heavy atom. The molecule has 6 heteroatoms. The number of carbonyl (C=O) groups excluding carboxylic acids is 1. The van der Waals surface area contributed by atoms with Crippen LogP contribution < -0.4 is 9.80 Å².